The van der Waals surface area contributed by atoms with Gasteiger partial charge in [0.05, 0.1) is 13.2 Å². The molecule has 0 aliphatic heterocycles. The number of carbonyl (C=O) groups excluding carboxylic acids is 1. The van der Waals surface area contributed by atoms with Gasteiger partial charge in [0.1, 0.15) is 11.5 Å². The van der Waals surface area contributed by atoms with Gasteiger partial charge in [-0.1, -0.05) is 25.1 Å². The molecule has 2 fully saturated rings. The van der Waals surface area contributed by atoms with Crippen LogP contribution < -0.4 is 4.74 Å². The van der Waals surface area contributed by atoms with E-state index in [0.717, 1.165) is 17.7 Å². The third-order valence-corrected chi connectivity index (χ3v) is 5.84. The van der Waals surface area contributed by atoms with Crippen LogP contribution in [0.3, 0.4) is 0 Å². The first-order valence-electron chi connectivity index (χ1n) is 7.99. The average molecular weight is 300 g/mol. The van der Waals surface area contributed by atoms with Gasteiger partial charge >= 0.3 is 0 Å². The van der Waals surface area contributed by atoms with Crippen LogP contribution in [0.25, 0.3) is 0 Å². The number of carbonyl (C=O) groups is 1. The van der Waals surface area contributed by atoms with Crippen molar-refractivity contribution in [1.29, 1.82) is 0 Å². The zero-order valence-corrected chi connectivity index (χ0v) is 13.3. The molecule has 22 heavy (non-hydrogen) atoms. The van der Waals surface area contributed by atoms with E-state index >= 15 is 0 Å². The van der Waals surface area contributed by atoms with E-state index in [-0.39, 0.29) is 23.2 Å². The fourth-order valence-electron chi connectivity index (χ4n) is 4.63. The van der Waals surface area contributed by atoms with E-state index in [1.807, 2.05) is 37.3 Å². The molecule has 2 saturated carbocycles. The fourth-order valence-corrected chi connectivity index (χ4v) is 4.63. The average Bonchev–Trinajstić information content (AvgIpc) is 2.81. The smallest absolute Gasteiger partial charge is 0.139 e. The van der Waals surface area contributed by atoms with Crippen LogP contribution >= 0.6 is 0 Å². The van der Waals surface area contributed by atoms with Crippen molar-refractivity contribution in [3.8, 4) is 5.75 Å². The minimum atomic E-state index is -0.514. The Kier molecular flexibility index (Phi) is 3.85. The quantitative estimate of drug-likeness (QED) is 0.871. The van der Waals surface area contributed by atoms with E-state index in [1.54, 1.807) is 7.11 Å². The third kappa shape index (κ3) is 2.19. The van der Waals surface area contributed by atoms with Crippen LogP contribution in [0.15, 0.2) is 36.9 Å². The number of hydrogen-bond acceptors (Lipinski definition) is 3. The van der Waals surface area contributed by atoms with Crippen molar-refractivity contribution in [1.82, 2.24) is 0 Å². The van der Waals surface area contributed by atoms with Gasteiger partial charge in [-0.05, 0) is 42.4 Å². The number of fused-ring (bicyclic) bond motifs is 1. The molecule has 0 amide bonds. The van der Waals surface area contributed by atoms with Crippen molar-refractivity contribution in [2.24, 2.45) is 17.3 Å². The van der Waals surface area contributed by atoms with Crippen LogP contribution in [0, 0.1) is 17.3 Å². The maximum Gasteiger partial charge on any atom is 0.139 e. The Bertz CT molecular complexity index is 577. The van der Waals surface area contributed by atoms with E-state index in [4.69, 9.17) is 4.74 Å². The number of aliphatic hydroxyl groups is 1. The van der Waals surface area contributed by atoms with Crippen LogP contribution in [-0.2, 0) is 4.79 Å². The summed E-state index contributed by atoms with van der Waals surface area (Å²) in [4.78, 5) is 12.3. The highest BCUT2D eigenvalue weighted by Gasteiger charge is 2.55. The van der Waals surface area contributed by atoms with E-state index in [2.05, 4.69) is 6.58 Å². The van der Waals surface area contributed by atoms with Crippen molar-refractivity contribution in [3.05, 3.63) is 42.5 Å². The van der Waals surface area contributed by atoms with E-state index in [1.165, 1.54) is 0 Å². The van der Waals surface area contributed by atoms with Crippen molar-refractivity contribution in [2.45, 2.75) is 38.2 Å². The number of aliphatic hydroxyl groups excluding tert-OH is 1. The molecule has 0 bridgehead atoms. The maximum atomic E-state index is 12.3. The molecule has 1 aromatic rings. The van der Waals surface area contributed by atoms with Gasteiger partial charge in [-0.15, -0.1) is 6.58 Å². The predicted molar refractivity (Wildman–Crippen MR) is 85.9 cm³/mol. The Morgan fingerprint density at radius 3 is 2.64 bits per heavy atom. The number of methoxy groups -OCH3 is 1. The first kappa shape index (κ1) is 15.3. The number of Topliss-reactive ketones (excluding diaryl/α,β-unsaturated/α-hetero) is 1. The van der Waals surface area contributed by atoms with Gasteiger partial charge in [0.2, 0.25) is 0 Å². The number of hydrogen-bond donors (Lipinski definition) is 1. The molecule has 0 saturated heterocycles. The van der Waals surface area contributed by atoms with Gasteiger partial charge < -0.3 is 9.84 Å². The fraction of sp³-hybridized carbons (Fsp3) is 0.526. The molecule has 3 rings (SSSR count). The summed E-state index contributed by atoms with van der Waals surface area (Å²) in [5.41, 5.74) is 0.709. The second-order valence-electron chi connectivity index (χ2n) is 6.87. The van der Waals surface area contributed by atoms with Crippen LogP contribution in [0.4, 0.5) is 0 Å². The summed E-state index contributed by atoms with van der Waals surface area (Å²) in [5, 5.41) is 10.7. The standard InChI is InChI=1S/C19H24O3/c1-4-14-15-9-10-17(21)19(15,2)11-16(20)18(14)12-5-7-13(22-3)8-6-12/h4-8,14-16,18,20H,1,9-11H2,2-3H3/t14-,15-,16-,18+,19-/m0/s1. The highest BCUT2D eigenvalue weighted by molar-refractivity contribution is 5.87. The molecule has 0 unspecified atom stereocenters. The van der Waals surface area contributed by atoms with Crippen molar-refractivity contribution < 1.29 is 14.6 Å². The molecule has 0 heterocycles. The van der Waals surface area contributed by atoms with Gasteiger partial charge in [-0.3, -0.25) is 4.79 Å². The molecule has 0 radical (unpaired) electrons. The Morgan fingerprint density at radius 1 is 1.36 bits per heavy atom. The summed E-state index contributed by atoms with van der Waals surface area (Å²) in [6.07, 6.45) is 3.52. The summed E-state index contributed by atoms with van der Waals surface area (Å²) < 4.78 is 5.21. The number of rotatable bonds is 3. The second kappa shape index (κ2) is 5.54. The largest absolute Gasteiger partial charge is 0.497 e. The molecule has 0 aromatic heterocycles. The SMILES string of the molecule is C=C[C@@H]1[C@@H](c2ccc(OC)cc2)[C@@H](O)C[C@]2(C)C(=O)CC[C@@H]12. The molecule has 2 aliphatic rings. The normalized spacial score (nSPS) is 37.7. The van der Waals surface area contributed by atoms with Crippen LogP contribution in [0.2, 0.25) is 0 Å². The lowest BCUT2D eigenvalue weighted by Crippen LogP contribution is -2.46. The van der Waals surface area contributed by atoms with E-state index < -0.39 is 6.10 Å². The molecule has 0 spiro atoms. The Morgan fingerprint density at radius 2 is 2.05 bits per heavy atom. The van der Waals surface area contributed by atoms with Gasteiger partial charge in [0, 0.05) is 17.8 Å². The summed E-state index contributed by atoms with van der Waals surface area (Å²) in [6, 6.07) is 7.89. The lowest BCUT2D eigenvalue weighted by molar-refractivity contribution is -0.132. The second-order valence-corrected chi connectivity index (χ2v) is 6.87. The maximum absolute atomic E-state index is 12.3. The lowest BCUT2D eigenvalue weighted by Gasteiger charge is -2.47. The Balaban J connectivity index is 1.97. The predicted octanol–water partition coefficient (Wildman–Crippen LogP) is 3.33. The molecule has 1 aromatic carbocycles. The monoisotopic (exact) mass is 300 g/mol. The van der Waals surface area contributed by atoms with Gasteiger partial charge in [0.15, 0.2) is 0 Å². The third-order valence-electron chi connectivity index (χ3n) is 5.84. The van der Waals surface area contributed by atoms with Crippen LogP contribution in [0.1, 0.15) is 37.7 Å². The zero-order chi connectivity index (χ0) is 15.9. The van der Waals surface area contributed by atoms with Gasteiger partial charge in [0.25, 0.3) is 0 Å². The molecule has 3 nitrogen and oxygen atoms in total. The topological polar surface area (TPSA) is 46.5 Å². The molecule has 118 valence electrons. The number of benzene rings is 1. The minimum absolute atomic E-state index is 0.00683. The number of ether oxygens (including phenoxy) is 1. The van der Waals surface area contributed by atoms with E-state index in [0.29, 0.717) is 18.6 Å². The highest BCUT2D eigenvalue weighted by atomic mass is 16.5. The molecular weight excluding hydrogens is 276 g/mol. The Labute approximate surface area is 132 Å². The summed E-state index contributed by atoms with van der Waals surface area (Å²) in [6.45, 7) is 6.02. The van der Waals surface area contributed by atoms with Crippen molar-refractivity contribution in [3.63, 3.8) is 0 Å². The lowest BCUT2D eigenvalue weighted by atomic mass is 9.58. The molecule has 5 atom stereocenters. The van der Waals surface area contributed by atoms with Crippen LogP contribution in [0.5, 0.6) is 5.75 Å². The Hall–Kier alpha value is -1.61. The highest BCUT2D eigenvalue weighted by Crippen LogP contribution is 2.57. The van der Waals surface area contributed by atoms with Gasteiger partial charge in [-0.2, -0.15) is 0 Å². The molecule has 3 heteroatoms. The first-order chi connectivity index (χ1) is 10.5. The zero-order valence-electron chi connectivity index (χ0n) is 13.3. The number of allylic oxidation sites excluding steroid dienone is 1. The molecular formula is C19H24O3. The first-order valence-corrected chi connectivity index (χ1v) is 7.99. The van der Waals surface area contributed by atoms with Crippen molar-refractivity contribution >= 4 is 5.78 Å². The molecule has 2 aliphatic carbocycles. The summed E-state index contributed by atoms with van der Waals surface area (Å²) in [5.74, 6) is 1.54. The summed E-state index contributed by atoms with van der Waals surface area (Å²) in [7, 11) is 1.65. The number of ketones is 1. The van der Waals surface area contributed by atoms with Gasteiger partial charge in [-0.25, -0.2) is 0 Å². The van der Waals surface area contributed by atoms with E-state index in [9.17, 15) is 9.90 Å². The van der Waals surface area contributed by atoms with Crippen LogP contribution in [-0.4, -0.2) is 24.1 Å². The minimum Gasteiger partial charge on any atom is -0.497 e. The van der Waals surface area contributed by atoms with Crippen molar-refractivity contribution in [2.75, 3.05) is 7.11 Å². The summed E-state index contributed by atoms with van der Waals surface area (Å²) >= 11 is 0. The molecule has 1 N–H and O–H groups in total.